The van der Waals surface area contributed by atoms with Gasteiger partial charge in [0.05, 0.1) is 18.7 Å². The molecule has 2 aliphatic rings. The summed E-state index contributed by atoms with van der Waals surface area (Å²) in [7, 11) is 0. The first-order valence-electron chi connectivity index (χ1n) is 6.11. The van der Waals surface area contributed by atoms with E-state index < -0.39 is 0 Å². The van der Waals surface area contributed by atoms with Gasteiger partial charge in [0.25, 0.3) is 5.91 Å². The molecule has 1 aromatic rings. The monoisotopic (exact) mass is 232 g/mol. The minimum Gasteiger partial charge on any atom is -0.316 e. The maximum absolute atomic E-state index is 11.5. The molecule has 0 spiro atoms. The van der Waals surface area contributed by atoms with Crippen LogP contribution in [0.3, 0.4) is 0 Å². The van der Waals surface area contributed by atoms with E-state index in [1.165, 1.54) is 17.0 Å². The fourth-order valence-corrected chi connectivity index (χ4v) is 2.44. The molecule has 0 aromatic heterocycles. The molecule has 3 rings (SSSR count). The van der Waals surface area contributed by atoms with E-state index in [-0.39, 0.29) is 5.91 Å². The molecule has 4 heteroatoms. The van der Waals surface area contributed by atoms with Crippen LogP contribution in [0.25, 0.3) is 0 Å². The number of nitrogens with zero attached hydrogens (tertiary/aromatic N) is 1. The largest absolute Gasteiger partial charge is 0.316 e. The van der Waals surface area contributed by atoms with Crippen molar-refractivity contribution in [2.24, 2.45) is 0 Å². The lowest BCUT2D eigenvalue weighted by Crippen LogP contribution is -2.22. The first kappa shape index (κ1) is 10.7. The molecule has 1 unspecified atom stereocenters. The Bertz CT molecular complexity index is 410. The normalized spacial score (nSPS) is 24.6. The molecule has 2 fully saturated rings. The fraction of sp³-hybridized carbons (Fsp3) is 0.462. The van der Waals surface area contributed by atoms with Crippen molar-refractivity contribution >= 4 is 11.6 Å². The number of hydrogen-bond acceptors (Lipinski definition) is 3. The van der Waals surface area contributed by atoms with Crippen molar-refractivity contribution in [3.8, 4) is 0 Å². The second kappa shape index (κ2) is 4.47. The lowest BCUT2D eigenvalue weighted by Gasteiger charge is -2.15. The van der Waals surface area contributed by atoms with E-state index in [0.717, 1.165) is 18.8 Å². The van der Waals surface area contributed by atoms with Gasteiger partial charge in [-0.25, -0.2) is 0 Å². The predicted octanol–water partition coefficient (Wildman–Crippen LogP) is 1.43. The van der Waals surface area contributed by atoms with Crippen LogP contribution in [0.2, 0.25) is 0 Å². The number of carbonyl (C=O) groups is 1. The van der Waals surface area contributed by atoms with Crippen LogP contribution in [0.15, 0.2) is 24.3 Å². The summed E-state index contributed by atoms with van der Waals surface area (Å²) in [5.74, 6) is 0.652. The van der Waals surface area contributed by atoms with Crippen LogP contribution in [-0.2, 0) is 9.63 Å². The molecule has 0 radical (unpaired) electrons. The smallest absolute Gasteiger partial charge is 0.253 e. The third-order valence-corrected chi connectivity index (χ3v) is 3.42. The van der Waals surface area contributed by atoms with Crippen LogP contribution in [0, 0.1) is 0 Å². The summed E-state index contributed by atoms with van der Waals surface area (Å²) in [6.07, 6.45) is 1.67. The van der Waals surface area contributed by atoms with Crippen molar-refractivity contribution < 1.29 is 9.63 Å². The van der Waals surface area contributed by atoms with Gasteiger partial charge < -0.3 is 5.32 Å². The minimum absolute atomic E-state index is 0.0419. The van der Waals surface area contributed by atoms with E-state index >= 15 is 0 Å². The van der Waals surface area contributed by atoms with Gasteiger partial charge in [-0.2, -0.15) is 5.06 Å². The van der Waals surface area contributed by atoms with Gasteiger partial charge in [-0.15, -0.1) is 0 Å². The van der Waals surface area contributed by atoms with Crippen molar-refractivity contribution in [3.63, 3.8) is 0 Å². The second-order valence-electron chi connectivity index (χ2n) is 4.55. The molecule has 90 valence electrons. The molecule has 0 bridgehead atoms. The number of amides is 1. The van der Waals surface area contributed by atoms with E-state index in [0.29, 0.717) is 18.9 Å². The quantitative estimate of drug-likeness (QED) is 0.838. The summed E-state index contributed by atoms with van der Waals surface area (Å²) in [6.45, 7) is 2.64. The molecule has 0 aliphatic carbocycles. The maximum Gasteiger partial charge on any atom is 0.253 e. The second-order valence-corrected chi connectivity index (χ2v) is 4.55. The lowest BCUT2D eigenvalue weighted by molar-refractivity contribution is -0.119. The number of hydrogen-bond donors (Lipinski definition) is 1. The zero-order chi connectivity index (χ0) is 11.7. The maximum atomic E-state index is 11.5. The number of nitrogens with one attached hydrogen (secondary N) is 1. The summed E-state index contributed by atoms with van der Waals surface area (Å²) in [4.78, 5) is 16.8. The summed E-state index contributed by atoms with van der Waals surface area (Å²) in [5, 5.41) is 4.76. The van der Waals surface area contributed by atoms with Crippen molar-refractivity contribution in [1.82, 2.24) is 5.32 Å². The van der Waals surface area contributed by atoms with Crippen molar-refractivity contribution in [3.05, 3.63) is 29.8 Å². The summed E-state index contributed by atoms with van der Waals surface area (Å²) >= 11 is 0. The van der Waals surface area contributed by atoms with Gasteiger partial charge in [0.1, 0.15) is 0 Å². The Balaban J connectivity index is 1.77. The number of hydroxylamine groups is 1. The number of anilines is 1. The number of carbonyl (C=O) groups excluding carboxylic acids is 1. The molecule has 0 saturated carbocycles. The van der Waals surface area contributed by atoms with Gasteiger partial charge in [0.15, 0.2) is 0 Å². The van der Waals surface area contributed by atoms with E-state index in [4.69, 9.17) is 4.84 Å². The van der Waals surface area contributed by atoms with Gasteiger partial charge >= 0.3 is 0 Å². The highest BCUT2D eigenvalue weighted by atomic mass is 16.7. The van der Waals surface area contributed by atoms with Crippen LogP contribution in [-0.4, -0.2) is 25.6 Å². The molecule has 1 amide bonds. The van der Waals surface area contributed by atoms with Gasteiger partial charge in [-0.1, -0.05) is 12.1 Å². The van der Waals surface area contributed by atoms with Gasteiger partial charge in [-0.3, -0.25) is 9.63 Å². The van der Waals surface area contributed by atoms with Crippen LogP contribution < -0.4 is 10.4 Å². The molecule has 1 N–H and O–H groups in total. The molecule has 2 aliphatic heterocycles. The van der Waals surface area contributed by atoms with Crippen LogP contribution in [0.5, 0.6) is 0 Å². The van der Waals surface area contributed by atoms with E-state index in [1.807, 2.05) is 12.1 Å². The van der Waals surface area contributed by atoms with Crippen LogP contribution >= 0.6 is 0 Å². The highest BCUT2D eigenvalue weighted by molar-refractivity contribution is 5.92. The first-order valence-corrected chi connectivity index (χ1v) is 6.11. The average molecular weight is 232 g/mol. The zero-order valence-corrected chi connectivity index (χ0v) is 9.69. The number of rotatable bonds is 2. The highest BCUT2D eigenvalue weighted by Gasteiger charge is 2.23. The Morgan fingerprint density at radius 1 is 1.29 bits per heavy atom. The Kier molecular flexibility index (Phi) is 2.82. The number of benzene rings is 1. The molecule has 17 heavy (non-hydrogen) atoms. The van der Waals surface area contributed by atoms with Gasteiger partial charge in [0, 0.05) is 6.54 Å². The Morgan fingerprint density at radius 3 is 2.71 bits per heavy atom. The topological polar surface area (TPSA) is 41.6 Å². The van der Waals surface area contributed by atoms with E-state index in [2.05, 4.69) is 17.4 Å². The average Bonchev–Trinajstić information content (AvgIpc) is 3.00. The fourth-order valence-electron chi connectivity index (χ4n) is 2.44. The van der Waals surface area contributed by atoms with Crippen molar-refractivity contribution in [2.45, 2.75) is 18.8 Å². The van der Waals surface area contributed by atoms with Crippen molar-refractivity contribution in [2.75, 3.05) is 24.8 Å². The van der Waals surface area contributed by atoms with Gasteiger partial charge in [-0.05, 0) is 36.6 Å². The lowest BCUT2D eigenvalue weighted by atomic mass is 9.98. The summed E-state index contributed by atoms with van der Waals surface area (Å²) in [6, 6.07) is 8.14. The molecule has 2 heterocycles. The van der Waals surface area contributed by atoms with Gasteiger partial charge in [0.2, 0.25) is 0 Å². The summed E-state index contributed by atoms with van der Waals surface area (Å²) < 4.78 is 0. The zero-order valence-electron chi connectivity index (χ0n) is 9.69. The van der Waals surface area contributed by atoms with Crippen molar-refractivity contribution in [1.29, 1.82) is 0 Å². The Labute approximate surface area is 101 Å². The first-order chi connectivity index (χ1) is 8.34. The van der Waals surface area contributed by atoms with Crippen LogP contribution in [0.4, 0.5) is 5.69 Å². The van der Waals surface area contributed by atoms with E-state index in [9.17, 15) is 4.79 Å². The molecule has 2 saturated heterocycles. The standard InChI is InChI=1S/C13H16N2O2/c16-13-6-8-17-15(13)12-3-1-10(2-4-12)11-5-7-14-9-11/h1-4,11,14H,5-9H2. The minimum atomic E-state index is 0.0419. The molecule has 4 nitrogen and oxygen atoms in total. The molecular formula is C13H16N2O2. The predicted molar refractivity (Wildman–Crippen MR) is 64.7 cm³/mol. The third kappa shape index (κ3) is 2.06. The SMILES string of the molecule is O=C1CCON1c1ccc(C2CCNC2)cc1. The third-order valence-electron chi connectivity index (χ3n) is 3.42. The molecule has 1 aromatic carbocycles. The Morgan fingerprint density at radius 2 is 2.12 bits per heavy atom. The summed E-state index contributed by atoms with van der Waals surface area (Å²) in [5.41, 5.74) is 2.17. The Hall–Kier alpha value is -1.39. The molecule has 1 atom stereocenters. The van der Waals surface area contributed by atoms with E-state index in [1.54, 1.807) is 0 Å². The highest BCUT2D eigenvalue weighted by Crippen LogP contribution is 2.26. The molecular weight excluding hydrogens is 216 g/mol. The van der Waals surface area contributed by atoms with Crippen LogP contribution in [0.1, 0.15) is 24.3 Å².